The summed E-state index contributed by atoms with van der Waals surface area (Å²) in [5, 5.41) is 14.1. The van der Waals surface area contributed by atoms with Crippen LogP contribution in [0.3, 0.4) is 0 Å². The van der Waals surface area contributed by atoms with Crippen molar-refractivity contribution >= 4 is 29.0 Å². The van der Waals surface area contributed by atoms with Crippen LogP contribution in [0.4, 0.5) is 27.8 Å². The molecule has 2 fully saturated rings. The Kier molecular flexibility index (Phi) is 7.70. The highest BCUT2D eigenvalue weighted by atomic mass is 32.1. The smallest absolute Gasteiger partial charge is 0.391 e. The van der Waals surface area contributed by atoms with Gasteiger partial charge in [-0.05, 0) is 38.7 Å². The number of hydrogen-bond donors (Lipinski definition) is 3. The first-order valence-electron chi connectivity index (χ1n) is 11.8. The van der Waals surface area contributed by atoms with Crippen molar-refractivity contribution in [3.05, 3.63) is 28.5 Å². The minimum Gasteiger partial charge on any atom is -0.391 e. The Morgan fingerprint density at radius 3 is 2.57 bits per heavy atom. The number of carbonyl (C=O) groups is 2. The molecule has 2 aliphatic rings. The molecule has 0 spiro atoms. The van der Waals surface area contributed by atoms with Gasteiger partial charge in [0.15, 0.2) is 5.01 Å². The number of aromatic nitrogens is 2. The second kappa shape index (κ2) is 10.5. The van der Waals surface area contributed by atoms with Gasteiger partial charge in [0.25, 0.3) is 18.2 Å². The van der Waals surface area contributed by atoms with E-state index in [0.29, 0.717) is 24.3 Å². The van der Waals surface area contributed by atoms with Crippen LogP contribution in [0.5, 0.6) is 0 Å². The van der Waals surface area contributed by atoms with Crippen LogP contribution >= 0.6 is 11.3 Å². The van der Waals surface area contributed by atoms with E-state index in [9.17, 15) is 36.6 Å². The number of thiazole rings is 1. The summed E-state index contributed by atoms with van der Waals surface area (Å²) in [6.07, 6.45) is -5.91. The molecule has 0 unspecified atom stereocenters. The van der Waals surface area contributed by atoms with Crippen molar-refractivity contribution in [2.24, 2.45) is 0 Å². The number of nitrogens with one attached hydrogen (secondary N) is 2. The monoisotopic (exact) mass is 547 g/mol. The number of aliphatic hydroxyl groups is 1. The molecule has 37 heavy (non-hydrogen) atoms. The van der Waals surface area contributed by atoms with E-state index in [1.807, 2.05) is 6.92 Å². The van der Waals surface area contributed by atoms with E-state index in [1.54, 1.807) is 4.90 Å². The van der Waals surface area contributed by atoms with Crippen molar-refractivity contribution in [2.45, 2.75) is 76.4 Å². The Morgan fingerprint density at radius 2 is 2.03 bits per heavy atom. The van der Waals surface area contributed by atoms with Crippen LogP contribution < -0.4 is 10.6 Å². The maximum absolute atomic E-state index is 14.1. The van der Waals surface area contributed by atoms with Gasteiger partial charge in [-0.25, -0.2) is 18.7 Å². The van der Waals surface area contributed by atoms with Crippen molar-refractivity contribution < 1.29 is 36.6 Å². The first kappa shape index (κ1) is 27.2. The SMILES string of the molecule is CC[C@H](Nc1cc(C(F)F)c(-c2sc(C(=O)N[C@@H]3C[C@H]3O)nc2C(=O)N2CCC[C@@H]2C)cn1)C(F)(F)F. The fraction of sp³-hybridized carbons (Fsp3) is 0.565. The van der Waals surface area contributed by atoms with Crippen LogP contribution in [0.1, 0.15) is 71.8 Å². The maximum atomic E-state index is 14.1. The summed E-state index contributed by atoms with van der Waals surface area (Å²) >= 11 is 0.714. The summed E-state index contributed by atoms with van der Waals surface area (Å²) in [6.45, 7) is 3.58. The Morgan fingerprint density at radius 1 is 1.32 bits per heavy atom. The highest BCUT2D eigenvalue weighted by Crippen LogP contribution is 2.39. The number of anilines is 1. The normalized spacial score (nSPS) is 22.3. The highest BCUT2D eigenvalue weighted by Gasteiger charge is 2.40. The number of likely N-dealkylation sites (tertiary alicyclic amines) is 1. The number of carbonyl (C=O) groups excluding carboxylic acids is 2. The first-order chi connectivity index (χ1) is 17.4. The summed E-state index contributed by atoms with van der Waals surface area (Å²) in [5.74, 6) is -1.59. The molecule has 3 heterocycles. The molecule has 0 radical (unpaired) electrons. The van der Waals surface area contributed by atoms with E-state index in [-0.39, 0.29) is 33.6 Å². The highest BCUT2D eigenvalue weighted by molar-refractivity contribution is 7.17. The van der Waals surface area contributed by atoms with Crippen LogP contribution in [0, 0.1) is 0 Å². The van der Waals surface area contributed by atoms with Gasteiger partial charge in [0.1, 0.15) is 17.6 Å². The largest absolute Gasteiger partial charge is 0.408 e. The zero-order valence-corrected chi connectivity index (χ0v) is 20.8. The molecule has 1 saturated heterocycles. The van der Waals surface area contributed by atoms with Crippen LogP contribution in [0.15, 0.2) is 12.3 Å². The van der Waals surface area contributed by atoms with Crippen molar-refractivity contribution in [3.63, 3.8) is 0 Å². The van der Waals surface area contributed by atoms with Crippen LogP contribution in [0.2, 0.25) is 0 Å². The molecule has 2 aromatic heterocycles. The van der Waals surface area contributed by atoms with E-state index in [4.69, 9.17) is 0 Å². The topological polar surface area (TPSA) is 107 Å². The van der Waals surface area contributed by atoms with E-state index < -0.39 is 54.0 Å². The summed E-state index contributed by atoms with van der Waals surface area (Å²) in [6, 6.07) is -1.74. The number of alkyl halides is 5. The maximum Gasteiger partial charge on any atom is 0.408 e. The summed E-state index contributed by atoms with van der Waals surface area (Å²) in [4.78, 5) is 35.7. The van der Waals surface area contributed by atoms with Crippen LogP contribution in [0.25, 0.3) is 10.4 Å². The van der Waals surface area contributed by atoms with Gasteiger partial charge in [-0.2, -0.15) is 13.2 Å². The standard InChI is InChI=1S/C23H26F5N5O3S/c1-3-15(23(26,27)28)31-16-7-11(19(24)25)12(9-29-16)18-17(22(36)33-6-4-5-10(33)2)32-21(37-18)20(35)30-13-8-14(13)34/h7,9-10,13-15,19,34H,3-6,8H2,1-2H3,(H,29,31)(H,30,35)/t10-,13+,14+,15-/m0/s1. The minimum absolute atomic E-state index is 0.0252. The predicted molar refractivity (Wildman–Crippen MR) is 126 cm³/mol. The fourth-order valence-electron chi connectivity index (χ4n) is 4.20. The van der Waals surface area contributed by atoms with Gasteiger partial charge in [-0.15, -0.1) is 11.3 Å². The van der Waals surface area contributed by atoms with Crippen LogP contribution in [-0.2, 0) is 0 Å². The molecular weight excluding hydrogens is 521 g/mol. The van der Waals surface area contributed by atoms with Crippen LogP contribution in [-0.4, -0.2) is 68.7 Å². The second-order valence-electron chi connectivity index (χ2n) is 9.17. The number of rotatable bonds is 8. The molecule has 2 aromatic rings. The lowest BCUT2D eigenvalue weighted by Gasteiger charge is -2.22. The zero-order chi connectivity index (χ0) is 27.1. The van der Waals surface area contributed by atoms with Gasteiger partial charge in [-0.3, -0.25) is 9.59 Å². The molecule has 1 aliphatic heterocycles. The zero-order valence-electron chi connectivity index (χ0n) is 20.0. The summed E-state index contributed by atoms with van der Waals surface area (Å²) in [5.41, 5.74) is -1.04. The van der Waals surface area contributed by atoms with Crippen molar-refractivity contribution in [3.8, 4) is 10.4 Å². The predicted octanol–water partition coefficient (Wildman–Crippen LogP) is 4.38. The molecule has 0 bridgehead atoms. The third kappa shape index (κ3) is 5.84. The number of amides is 2. The fourth-order valence-corrected chi connectivity index (χ4v) is 5.19. The third-order valence-corrected chi connectivity index (χ3v) is 7.54. The Hall–Kier alpha value is -2.87. The molecule has 8 nitrogen and oxygen atoms in total. The average molecular weight is 548 g/mol. The molecular formula is C23H26F5N5O3S. The van der Waals surface area contributed by atoms with E-state index in [1.165, 1.54) is 6.92 Å². The average Bonchev–Trinajstić information content (AvgIpc) is 3.20. The van der Waals surface area contributed by atoms with Crippen molar-refractivity contribution in [2.75, 3.05) is 11.9 Å². The Labute approximate surface area is 213 Å². The first-order valence-corrected chi connectivity index (χ1v) is 12.6. The van der Waals surface area contributed by atoms with Gasteiger partial charge in [-0.1, -0.05) is 6.92 Å². The van der Waals surface area contributed by atoms with Crippen molar-refractivity contribution in [1.82, 2.24) is 20.2 Å². The van der Waals surface area contributed by atoms with Gasteiger partial charge in [0.05, 0.1) is 17.0 Å². The van der Waals surface area contributed by atoms with E-state index in [2.05, 4.69) is 20.6 Å². The molecule has 4 atom stereocenters. The number of nitrogens with zero attached hydrogens (tertiary/aromatic N) is 3. The van der Waals surface area contributed by atoms with E-state index in [0.717, 1.165) is 25.1 Å². The van der Waals surface area contributed by atoms with Gasteiger partial charge >= 0.3 is 6.18 Å². The molecule has 1 aliphatic carbocycles. The molecule has 2 amide bonds. The summed E-state index contributed by atoms with van der Waals surface area (Å²) < 4.78 is 67.8. The van der Waals surface area contributed by atoms with Gasteiger partial charge in [0.2, 0.25) is 0 Å². The quantitative estimate of drug-likeness (QED) is 0.424. The molecule has 0 aromatic carbocycles. The lowest BCUT2D eigenvalue weighted by atomic mass is 10.1. The number of halogens is 5. The summed E-state index contributed by atoms with van der Waals surface area (Å²) in [7, 11) is 0. The Bertz CT molecular complexity index is 1170. The van der Waals surface area contributed by atoms with Gasteiger partial charge in [0, 0.05) is 29.9 Å². The molecule has 4 rings (SSSR count). The number of hydrogen-bond acceptors (Lipinski definition) is 7. The lowest BCUT2D eigenvalue weighted by molar-refractivity contribution is -0.142. The molecule has 1 saturated carbocycles. The second-order valence-corrected chi connectivity index (χ2v) is 10.2. The van der Waals surface area contributed by atoms with Gasteiger partial charge < -0.3 is 20.6 Å². The number of aliphatic hydroxyl groups excluding tert-OH is 1. The molecule has 202 valence electrons. The number of pyridine rings is 1. The Balaban J connectivity index is 1.75. The molecule has 14 heteroatoms. The third-order valence-electron chi connectivity index (χ3n) is 6.45. The van der Waals surface area contributed by atoms with Crippen molar-refractivity contribution in [1.29, 1.82) is 0 Å². The van der Waals surface area contributed by atoms with E-state index >= 15 is 0 Å². The lowest BCUT2D eigenvalue weighted by Crippen LogP contribution is -2.35. The minimum atomic E-state index is -4.61. The molecule has 3 N–H and O–H groups in total.